The van der Waals surface area contributed by atoms with Crippen LogP contribution in [0.25, 0.3) is 16.7 Å². The second-order valence-electron chi connectivity index (χ2n) is 6.73. The summed E-state index contributed by atoms with van der Waals surface area (Å²) < 4.78 is 3.38. The molecule has 2 aliphatic rings. The second-order valence-corrected chi connectivity index (χ2v) is 11.0. The maximum atomic E-state index is 2.48. The first-order valence-electron chi connectivity index (χ1n) is 8.33. The van der Waals surface area contributed by atoms with Crippen LogP contribution < -0.4 is 3.27 Å². The Labute approximate surface area is 150 Å². The molecule has 113 valence electrons. The minimum absolute atomic E-state index is 0.638. The number of benzene rings is 2. The van der Waals surface area contributed by atoms with Crippen LogP contribution in [0.2, 0.25) is 0 Å². The molecule has 0 amide bonds. The molecule has 0 saturated heterocycles. The van der Waals surface area contributed by atoms with Gasteiger partial charge >= 0.3 is 150 Å². The quantitative estimate of drug-likeness (QED) is 0.601. The van der Waals surface area contributed by atoms with Crippen LogP contribution in [0.1, 0.15) is 42.5 Å². The Morgan fingerprint density at radius 2 is 1.87 bits per heavy atom. The summed E-state index contributed by atoms with van der Waals surface area (Å²) in [5.74, 6) is 0. The third-order valence-corrected chi connectivity index (χ3v) is 8.37. The van der Waals surface area contributed by atoms with Crippen LogP contribution in [0.3, 0.4) is 0 Å². The molecule has 2 aromatic rings. The number of hydrogen-bond acceptors (Lipinski definition) is 0. The van der Waals surface area contributed by atoms with Gasteiger partial charge in [0.25, 0.3) is 0 Å². The number of allylic oxidation sites excluding steroid dienone is 4. The number of fused-ring (bicyclic) bond motifs is 3. The van der Waals surface area contributed by atoms with Gasteiger partial charge in [-0.05, 0) is 0 Å². The van der Waals surface area contributed by atoms with Crippen LogP contribution in [-0.4, -0.2) is 3.21 Å². The van der Waals surface area contributed by atoms with Crippen molar-refractivity contribution in [3.63, 3.8) is 0 Å². The van der Waals surface area contributed by atoms with Crippen LogP contribution in [-0.2, 0) is 29.2 Å². The zero-order valence-corrected chi connectivity index (χ0v) is 16.5. The van der Waals surface area contributed by atoms with E-state index < -0.39 is 22.8 Å². The summed E-state index contributed by atoms with van der Waals surface area (Å²) in [5, 5.41) is 0. The van der Waals surface area contributed by atoms with Gasteiger partial charge in [0, 0.05) is 0 Å². The standard InChI is InChI=1S/C19H15.C3H6.Zr/c1-13-10-16-11-15-8-4-5-9-17(15)19(16)12-18(13)14-6-2-3-7-14;1-3-2;/h2-6,8-9,12H,7,11H2,1H3;1-2H3;. The first-order valence-corrected chi connectivity index (χ1v) is 10.8. The fourth-order valence-electron chi connectivity index (χ4n) is 3.79. The van der Waals surface area contributed by atoms with E-state index >= 15 is 0 Å². The molecular weight excluding hydrogens is 355 g/mol. The van der Waals surface area contributed by atoms with Gasteiger partial charge in [-0.2, -0.15) is 0 Å². The van der Waals surface area contributed by atoms with Crippen molar-refractivity contribution < 1.29 is 22.8 Å². The summed E-state index contributed by atoms with van der Waals surface area (Å²) in [7, 11) is 0. The van der Waals surface area contributed by atoms with E-state index in [1.807, 2.05) is 0 Å². The van der Waals surface area contributed by atoms with Crippen LogP contribution in [0.4, 0.5) is 0 Å². The monoisotopic (exact) mass is 375 g/mol. The summed E-state index contributed by atoms with van der Waals surface area (Å²) in [6.07, 6.45) is 8.99. The molecule has 0 nitrogen and oxygen atoms in total. The topological polar surface area (TPSA) is 0 Å². The third-order valence-electron chi connectivity index (χ3n) is 4.86. The van der Waals surface area contributed by atoms with Crippen molar-refractivity contribution in [2.45, 2.75) is 33.6 Å². The van der Waals surface area contributed by atoms with Crippen LogP contribution in [0, 0.1) is 6.92 Å². The van der Waals surface area contributed by atoms with E-state index in [2.05, 4.69) is 69.3 Å². The Morgan fingerprint density at radius 3 is 2.61 bits per heavy atom. The van der Waals surface area contributed by atoms with Gasteiger partial charge in [0.15, 0.2) is 0 Å². The molecular formula is C22H21Zr. The molecule has 0 fully saturated rings. The fraction of sp³-hybridized carbons (Fsp3) is 0.227. The summed E-state index contributed by atoms with van der Waals surface area (Å²) >= 11 is -0.638. The Morgan fingerprint density at radius 1 is 1.04 bits per heavy atom. The summed E-state index contributed by atoms with van der Waals surface area (Å²) in [4.78, 5) is 0. The molecule has 0 heterocycles. The average molecular weight is 377 g/mol. The van der Waals surface area contributed by atoms with Crippen LogP contribution in [0.15, 0.2) is 48.6 Å². The van der Waals surface area contributed by atoms with Crippen molar-refractivity contribution in [1.29, 1.82) is 0 Å². The Balaban J connectivity index is 2.00. The van der Waals surface area contributed by atoms with Gasteiger partial charge in [-0.1, -0.05) is 0 Å². The normalized spacial score (nSPS) is 14.3. The molecule has 0 N–H and O–H groups in total. The molecule has 4 rings (SSSR count). The van der Waals surface area contributed by atoms with E-state index in [4.69, 9.17) is 0 Å². The second kappa shape index (κ2) is 5.95. The van der Waals surface area contributed by atoms with Crippen LogP contribution >= 0.6 is 0 Å². The molecule has 0 aromatic heterocycles. The molecule has 0 bridgehead atoms. The van der Waals surface area contributed by atoms with Gasteiger partial charge < -0.3 is 0 Å². The van der Waals surface area contributed by atoms with Crippen molar-refractivity contribution in [3.05, 3.63) is 70.8 Å². The van der Waals surface area contributed by atoms with Crippen molar-refractivity contribution in [2.75, 3.05) is 0 Å². The van der Waals surface area contributed by atoms with E-state index in [1.54, 1.807) is 17.6 Å². The molecule has 0 saturated carbocycles. The minimum atomic E-state index is -0.638. The zero-order valence-electron chi connectivity index (χ0n) is 14.0. The molecule has 2 aromatic carbocycles. The molecule has 0 radical (unpaired) electrons. The maximum absolute atomic E-state index is 2.48. The Hall–Kier alpha value is -1.33. The fourth-order valence-corrected chi connectivity index (χ4v) is 6.73. The van der Waals surface area contributed by atoms with Gasteiger partial charge in [-0.15, -0.1) is 0 Å². The third kappa shape index (κ3) is 2.60. The summed E-state index contributed by atoms with van der Waals surface area (Å²) in [6, 6.07) is 11.4. The van der Waals surface area contributed by atoms with Crippen molar-refractivity contribution >= 4 is 12.1 Å². The molecule has 0 atom stereocenters. The van der Waals surface area contributed by atoms with Gasteiger partial charge in [-0.25, -0.2) is 0 Å². The molecule has 2 aliphatic carbocycles. The zero-order chi connectivity index (χ0) is 16.0. The van der Waals surface area contributed by atoms with Gasteiger partial charge in [0.05, 0.1) is 0 Å². The van der Waals surface area contributed by atoms with E-state index in [-0.39, 0.29) is 0 Å². The molecule has 0 spiro atoms. The Bertz CT molecular complexity index is 890. The van der Waals surface area contributed by atoms with E-state index in [1.165, 1.54) is 27.8 Å². The van der Waals surface area contributed by atoms with E-state index in [0.717, 1.165) is 12.8 Å². The summed E-state index contributed by atoms with van der Waals surface area (Å²) in [5.41, 5.74) is 10.6. The van der Waals surface area contributed by atoms with Gasteiger partial charge in [0.2, 0.25) is 0 Å². The average Bonchev–Trinajstić information content (AvgIpc) is 3.17. The van der Waals surface area contributed by atoms with E-state index in [9.17, 15) is 0 Å². The first kappa shape index (κ1) is 15.2. The number of rotatable bonds is 2. The predicted molar refractivity (Wildman–Crippen MR) is 97.1 cm³/mol. The van der Waals surface area contributed by atoms with Gasteiger partial charge in [-0.3, -0.25) is 0 Å². The first-order chi connectivity index (χ1) is 11.1. The van der Waals surface area contributed by atoms with Crippen molar-refractivity contribution in [1.82, 2.24) is 0 Å². The van der Waals surface area contributed by atoms with Gasteiger partial charge in [0.1, 0.15) is 0 Å². The van der Waals surface area contributed by atoms with Crippen molar-refractivity contribution in [2.24, 2.45) is 0 Å². The SMILES string of the molecule is C[C](C)=[Zr][c]1c(C)c(C2=CC=CC2)cc2c1Cc1ccccc1-2. The van der Waals surface area contributed by atoms with Crippen LogP contribution in [0.5, 0.6) is 0 Å². The molecule has 0 unspecified atom stereocenters. The van der Waals surface area contributed by atoms with E-state index in [0.29, 0.717) is 0 Å². The van der Waals surface area contributed by atoms with Crippen molar-refractivity contribution in [3.8, 4) is 11.1 Å². The Kier molecular flexibility index (Phi) is 3.94. The predicted octanol–water partition coefficient (Wildman–Crippen LogP) is 4.83. The molecule has 0 aliphatic heterocycles. The molecule has 1 heteroatoms. The summed E-state index contributed by atoms with van der Waals surface area (Å²) in [6.45, 7) is 7.00. The molecule has 23 heavy (non-hydrogen) atoms. The number of hydrogen-bond donors (Lipinski definition) is 0.